The van der Waals surface area contributed by atoms with Gasteiger partial charge in [-0.15, -0.1) is 0 Å². The number of esters is 1. The molecule has 1 aromatic heterocycles. The quantitative estimate of drug-likeness (QED) is 0.444. The molecule has 0 fully saturated rings. The number of halogens is 3. The number of aryl methyl sites for hydroxylation is 1. The molecular formula is C18H12Cl2FNO3. The van der Waals surface area contributed by atoms with E-state index in [4.69, 9.17) is 32.4 Å². The number of ether oxygens (including phenoxy) is 1. The molecule has 0 unspecified atom stereocenters. The van der Waals surface area contributed by atoms with Crippen molar-refractivity contribution in [1.82, 2.24) is 4.98 Å². The van der Waals surface area contributed by atoms with Crippen LogP contribution in [0.5, 0.6) is 5.75 Å². The molecule has 0 saturated heterocycles. The van der Waals surface area contributed by atoms with Gasteiger partial charge in [0.1, 0.15) is 5.82 Å². The van der Waals surface area contributed by atoms with E-state index in [1.807, 2.05) is 0 Å². The number of nitrogens with zero attached hydrogens (tertiary/aromatic N) is 1. The Morgan fingerprint density at radius 2 is 2.00 bits per heavy atom. The predicted molar refractivity (Wildman–Crippen MR) is 92.3 cm³/mol. The predicted octanol–water partition coefficient (Wildman–Crippen LogP) is 5.33. The minimum Gasteiger partial charge on any atom is -0.441 e. The molecule has 4 nitrogen and oxygen atoms in total. The minimum atomic E-state index is -0.505. The maximum Gasteiger partial charge on any atom is 0.311 e. The molecule has 0 bridgehead atoms. The van der Waals surface area contributed by atoms with E-state index in [0.717, 1.165) is 0 Å². The zero-order valence-corrected chi connectivity index (χ0v) is 14.4. The largest absolute Gasteiger partial charge is 0.441 e. The lowest BCUT2D eigenvalue weighted by molar-refractivity contribution is -0.134. The first kappa shape index (κ1) is 17.5. The molecule has 0 aliphatic heterocycles. The van der Waals surface area contributed by atoms with E-state index in [9.17, 15) is 9.18 Å². The molecule has 3 rings (SSSR count). The molecule has 25 heavy (non-hydrogen) atoms. The first-order valence-corrected chi connectivity index (χ1v) is 8.14. The van der Waals surface area contributed by atoms with Crippen LogP contribution in [-0.2, 0) is 11.2 Å². The molecule has 0 aliphatic rings. The molecule has 128 valence electrons. The highest BCUT2D eigenvalue weighted by Crippen LogP contribution is 2.28. The Kier molecular flexibility index (Phi) is 5.36. The average Bonchev–Trinajstić information content (AvgIpc) is 3.05. The van der Waals surface area contributed by atoms with Crippen molar-refractivity contribution in [2.45, 2.75) is 12.8 Å². The zero-order chi connectivity index (χ0) is 17.8. The third-order valence-corrected chi connectivity index (χ3v) is 3.90. The normalized spacial score (nSPS) is 10.7. The number of benzene rings is 2. The Hall–Kier alpha value is -2.37. The molecule has 2 aromatic carbocycles. The highest BCUT2D eigenvalue weighted by atomic mass is 35.5. The summed E-state index contributed by atoms with van der Waals surface area (Å²) in [7, 11) is 0. The van der Waals surface area contributed by atoms with Crippen molar-refractivity contribution in [2.75, 3.05) is 0 Å². The van der Waals surface area contributed by atoms with E-state index in [0.29, 0.717) is 22.2 Å². The van der Waals surface area contributed by atoms with Crippen LogP contribution in [0.1, 0.15) is 12.3 Å². The second-order valence-corrected chi connectivity index (χ2v) is 5.99. The van der Waals surface area contributed by atoms with Crippen molar-refractivity contribution in [2.24, 2.45) is 0 Å². The molecule has 0 spiro atoms. The minimum absolute atomic E-state index is 0.0278. The number of hydrogen-bond donors (Lipinski definition) is 0. The van der Waals surface area contributed by atoms with E-state index in [1.165, 1.54) is 18.3 Å². The van der Waals surface area contributed by atoms with Crippen LogP contribution in [0.2, 0.25) is 10.0 Å². The molecule has 7 heteroatoms. The number of carbonyl (C=O) groups is 1. The number of hydrogen-bond acceptors (Lipinski definition) is 4. The van der Waals surface area contributed by atoms with Gasteiger partial charge in [-0.2, -0.15) is 0 Å². The van der Waals surface area contributed by atoms with Crippen LogP contribution in [-0.4, -0.2) is 11.0 Å². The van der Waals surface area contributed by atoms with Gasteiger partial charge in [-0.1, -0.05) is 35.3 Å². The van der Waals surface area contributed by atoms with Crippen molar-refractivity contribution < 1.29 is 18.3 Å². The molecule has 0 atom stereocenters. The molecule has 1 heterocycles. The van der Waals surface area contributed by atoms with Crippen molar-refractivity contribution in [3.05, 3.63) is 70.4 Å². The third kappa shape index (κ3) is 4.38. The van der Waals surface area contributed by atoms with Crippen molar-refractivity contribution >= 4 is 29.2 Å². The lowest BCUT2D eigenvalue weighted by Gasteiger charge is -2.05. The Balaban J connectivity index is 1.61. The average molecular weight is 380 g/mol. The van der Waals surface area contributed by atoms with Gasteiger partial charge in [-0.25, -0.2) is 9.37 Å². The lowest BCUT2D eigenvalue weighted by atomic mass is 10.2. The Bertz CT molecular complexity index is 911. The molecule has 0 saturated carbocycles. The van der Waals surface area contributed by atoms with Crippen molar-refractivity contribution in [1.29, 1.82) is 0 Å². The molecule has 0 aliphatic carbocycles. The fraction of sp³-hybridized carbons (Fsp3) is 0.111. The van der Waals surface area contributed by atoms with Gasteiger partial charge in [0.2, 0.25) is 0 Å². The smallest absolute Gasteiger partial charge is 0.311 e. The second kappa shape index (κ2) is 7.68. The van der Waals surface area contributed by atoms with Gasteiger partial charge in [0.15, 0.2) is 17.4 Å². The second-order valence-electron chi connectivity index (χ2n) is 5.15. The van der Waals surface area contributed by atoms with Gasteiger partial charge in [0, 0.05) is 17.5 Å². The van der Waals surface area contributed by atoms with Crippen LogP contribution in [0.4, 0.5) is 4.39 Å². The van der Waals surface area contributed by atoms with Crippen LogP contribution in [0, 0.1) is 5.82 Å². The lowest BCUT2D eigenvalue weighted by Crippen LogP contribution is -2.09. The van der Waals surface area contributed by atoms with Gasteiger partial charge in [-0.05, 0) is 24.3 Å². The van der Waals surface area contributed by atoms with E-state index in [1.54, 1.807) is 30.3 Å². The Morgan fingerprint density at radius 1 is 1.20 bits per heavy atom. The first-order valence-electron chi connectivity index (χ1n) is 7.38. The number of aromatic nitrogens is 1. The summed E-state index contributed by atoms with van der Waals surface area (Å²) in [6.07, 6.45) is 1.67. The monoisotopic (exact) mass is 379 g/mol. The van der Waals surface area contributed by atoms with E-state index < -0.39 is 11.8 Å². The number of carbonyl (C=O) groups excluding carboxylic acids is 1. The number of oxazole rings is 1. The van der Waals surface area contributed by atoms with Crippen LogP contribution < -0.4 is 4.74 Å². The third-order valence-electron chi connectivity index (χ3n) is 3.35. The summed E-state index contributed by atoms with van der Waals surface area (Å²) in [5, 5.41) is 0.699. The summed E-state index contributed by atoms with van der Waals surface area (Å²) in [6.45, 7) is 0. The number of rotatable bonds is 5. The van der Waals surface area contributed by atoms with Gasteiger partial charge in [0.25, 0.3) is 0 Å². The Morgan fingerprint density at radius 3 is 2.80 bits per heavy atom. The van der Waals surface area contributed by atoms with Gasteiger partial charge in [-0.3, -0.25) is 4.79 Å². The molecular weight excluding hydrogens is 368 g/mol. The van der Waals surface area contributed by atoms with E-state index in [-0.39, 0.29) is 23.6 Å². The highest BCUT2D eigenvalue weighted by Gasteiger charge is 2.13. The van der Waals surface area contributed by atoms with Crippen LogP contribution >= 0.6 is 23.2 Å². The standard InChI is InChI=1S/C18H12Cl2FNO3/c19-11-5-6-13(20)15(9-11)25-18(23)8-7-17-22-10-16(24-17)12-3-1-2-4-14(12)21/h1-6,9-10H,7-8H2. The Labute approximate surface area is 153 Å². The summed E-state index contributed by atoms with van der Waals surface area (Å²) >= 11 is 11.8. The van der Waals surface area contributed by atoms with Gasteiger partial charge in [0.05, 0.1) is 23.2 Å². The van der Waals surface area contributed by atoms with Crippen LogP contribution in [0.15, 0.2) is 53.1 Å². The van der Waals surface area contributed by atoms with E-state index in [2.05, 4.69) is 4.98 Å². The van der Waals surface area contributed by atoms with Crippen molar-refractivity contribution in [3.8, 4) is 17.1 Å². The molecule has 0 amide bonds. The molecule has 0 N–H and O–H groups in total. The maximum atomic E-state index is 13.7. The molecule has 0 radical (unpaired) electrons. The first-order chi connectivity index (χ1) is 12.0. The summed E-state index contributed by atoms with van der Waals surface area (Å²) in [4.78, 5) is 16.0. The fourth-order valence-corrected chi connectivity index (χ4v) is 2.47. The zero-order valence-electron chi connectivity index (χ0n) is 12.8. The topological polar surface area (TPSA) is 52.3 Å². The fourth-order valence-electron chi connectivity index (χ4n) is 2.15. The SMILES string of the molecule is O=C(CCc1ncc(-c2ccccc2F)o1)Oc1cc(Cl)ccc1Cl. The van der Waals surface area contributed by atoms with Crippen LogP contribution in [0.25, 0.3) is 11.3 Å². The summed E-state index contributed by atoms with van der Waals surface area (Å²) < 4.78 is 24.4. The maximum absolute atomic E-state index is 13.7. The summed E-state index contributed by atoms with van der Waals surface area (Å²) in [6, 6.07) is 10.8. The van der Waals surface area contributed by atoms with Gasteiger partial charge >= 0.3 is 5.97 Å². The summed E-state index contributed by atoms with van der Waals surface area (Å²) in [5.74, 6) is -0.0969. The summed E-state index contributed by atoms with van der Waals surface area (Å²) in [5.41, 5.74) is 0.314. The van der Waals surface area contributed by atoms with Gasteiger partial charge < -0.3 is 9.15 Å². The van der Waals surface area contributed by atoms with Crippen LogP contribution in [0.3, 0.4) is 0 Å². The van der Waals surface area contributed by atoms with Crippen molar-refractivity contribution in [3.63, 3.8) is 0 Å². The molecule has 3 aromatic rings. The highest BCUT2D eigenvalue weighted by molar-refractivity contribution is 6.34. The van der Waals surface area contributed by atoms with E-state index >= 15 is 0 Å².